The molecular weight excluding hydrogens is 295 g/mol. The molecule has 72 valence electrons. The van der Waals surface area contributed by atoms with Gasteiger partial charge in [-0.05, 0) is 40.9 Å². The molecule has 4 heteroatoms. The summed E-state index contributed by atoms with van der Waals surface area (Å²) in [5, 5.41) is 0. The Balaban J connectivity index is 2.58. The van der Waals surface area contributed by atoms with E-state index >= 15 is 0 Å². The molecule has 1 unspecified atom stereocenters. The maximum absolute atomic E-state index is 5.75. The Hall–Kier alpha value is -0.0731. The molecule has 1 aromatic carbocycles. The van der Waals surface area contributed by atoms with E-state index in [1.807, 2.05) is 43.8 Å². The first-order valence-corrected chi connectivity index (χ1v) is 9.64. The molecule has 0 aromatic heterocycles. The van der Waals surface area contributed by atoms with E-state index in [-0.39, 0.29) is 0 Å². The first-order chi connectivity index (χ1) is 6.14. The molecule has 1 rings (SSSR count). The van der Waals surface area contributed by atoms with E-state index in [4.69, 9.17) is 8.85 Å². The van der Waals surface area contributed by atoms with Crippen LogP contribution < -0.4 is 4.43 Å². The third-order valence-corrected chi connectivity index (χ3v) is 4.44. The zero-order chi connectivity index (χ0) is 9.73. The summed E-state index contributed by atoms with van der Waals surface area (Å²) >= 11 is 2.27. The van der Waals surface area contributed by atoms with Crippen LogP contribution in [-0.2, 0) is 4.43 Å². The maximum atomic E-state index is 5.75. The van der Waals surface area contributed by atoms with Crippen LogP contribution in [0.5, 0.6) is 5.75 Å². The summed E-state index contributed by atoms with van der Waals surface area (Å²) in [5.41, 5.74) is 0. The number of para-hydroxylation sites is 1. The Bertz CT molecular complexity index is 251. The van der Waals surface area contributed by atoms with Crippen molar-refractivity contribution in [3.8, 4) is 5.75 Å². The van der Waals surface area contributed by atoms with Crippen molar-refractivity contribution in [3.63, 3.8) is 0 Å². The van der Waals surface area contributed by atoms with Gasteiger partial charge < -0.3 is 8.85 Å². The van der Waals surface area contributed by atoms with Gasteiger partial charge in [0.05, 0.1) is 0 Å². The van der Waals surface area contributed by atoms with Crippen molar-refractivity contribution in [2.24, 2.45) is 0 Å². The molecule has 0 saturated carbocycles. The molecule has 2 nitrogen and oxygen atoms in total. The van der Waals surface area contributed by atoms with Crippen LogP contribution in [0.25, 0.3) is 0 Å². The number of halogens is 1. The lowest BCUT2D eigenvalue weighted by atomic mass is 10.3. The summed E-state index contributed by atoms with van der Waals surface area (Å²) in [7, 11) is 0. The quantitative estimate of drug-likeness (QED) is 0.483. The summed E-state index contributed by atoms with van der Waals surface area (Å²) in [4.78, 5) is 0. The maximum Gasteiger partial charge on any atom is 0.465 e. The fourth-order valence-corrected chi connectivity index (χ4v) is 3.81. The number of rotatable bonds is 4. The highest BCUT2D eigenvalue weighted by molar-refractivity contribution is 14.1. The van der Waals surface area contributed by atoms with Crippen LogP contribution in [0, 0.1) is 0 Å². The third kappa shape index (κ3) is 4.10. The lowest BCUT2D eigenvalue weighted by Gasteiger charge is -2.20. The number of hydrogen-bond acceptors (Lipinski definition) is 2. The van der Waals surface area contributed by atoms with Gasteiger partial charge in [-0.3, -0.25) is 0 Å². The van der Waals surface area contributed by atoms with E-state index in [1.54, 1.807) is 0 Å². The van der Waals surface area contributed by atoms with Gasteiger partial charge in [0, 0.05) is 13.2 Å². The number of hydrogen-bond donors (Lipinski definition) is 0. The molecule has 0 aliphatic rings. The van der Waals surface area contributed by atoms with Crippen molar-refractivity contribution in [2.45, 2.75) is 13.5 Å². The second-order valence-electron chi connectivity index (χ2n) is 2.68. The fraction of sp³-hybridized carbons (Fsp3) is 0.333. The topological polar surface area (TPSA) is 18.5 Å². The van der Waals surface area contributed by atoms with Crippen molar-refractivity contribution >= 4 is 27.9 Å². The Morgan fingerprint density at radius 1 is 1.31 bits per heavy atom. The van der Waals surface area contributed by atoms with E-state index in [2.05, 4.69) is 21.8 Å². The molecule has 0 aliphatic carbocycles. The van der Waals surface area contributed by atoms with Crippen LogP contribution >= 0.6 is 21.8 Å². The Morgan fingerprint density at radius 3 is 2.46 bits per heavy atom. The predicted octanol–water partition coefficient (Wildman–Crippen LogP) is 3.11. The lowest BCUT2D eigenvalue weighted by Crippen LogP contribution is -2.34. The minimum Gasteiger partial charge on any atom is -0.514 e. The van der Waals surface area contributed by atoms with Crippen molar-refractivity contribution in [2.75, 3.05) is 6.61 Å². The minimum absolute atomic E-state index is 0.707. The van der Waals surface area contributed by atoms with Gasteiger partial charge in [-0.25, -0.2) is 0 Å². The summed E-state index contributed by atoms with van der Waals surface area (Å²) in [6.45, 7) is 4.72. The molecule has 0 spiro atoms. The average Bonchev–Trinajstić information content (AvgIpc) is 2.04. The Labute approximate surface area is 92.7 Å². The fourth-order valence-electron chi connectivity index (χ4n) is 0.986. The van der Waals surface area contributed by atoms with Crippen molar-refractivity contribution in [3.05, 3.63) is 30.3 Å². The van der Waals surface area contributed by atoms with Crippen molar-refractivity contribution < 1.29 is 8.85 Å². The second-order valence-corrected chi connectivity index (χ2v) is 10.7. The van der Waals surface area contributed by atoms with Gasteiger partial charge in [0.2, 0.25) is 0 Å². The summed E-state index contributed by atoms with van der Waals surface area (Å²) < 4.78 is 11.3. The van der Waals surface area contributed by atoms with Crippen LogP contribution in [0.15, 0.2) is 30.3 Å². The first kappa shape index (κ1) is 11.0. The Kier molecular flexibility index (Phi) is 4.21. The highest BCUT2D eigenvalue weighted by Crippen LogP contribution is 2.20. The van der Waals surface area contributed by atoms with Gasteiger partial charge in [0.15, 0.2) is 0 Å². The van der Waals surface area contributed by atoms with Crippen molar-refractivity contribution in [1.29, 1.82) is 0 Å². The van der Waals surface area contributed by atoms with Crippen LogP contribution in [0.2, 0.25) is 6.55 Å². The number of benzene rings is 1. The largest absolute Gasteiger partial charge is 0.514 e. The normalized spacial score (nSPS) is 15.0. The molecule has 0 radical (unpaired) electrons. The average molecular weight is 308 g/mol. The zero-order valence-electron chi connectivity index (χ0n) is 7.79. The third-order valence-electron chi connectivity index (χ3n) is 1.45. The predicted molar refractivity (Wildman–Crippen MR) is 64.3 cm³/mol. The molecule has 0 fully saturated rings. The summed E-state index contributed by atoms with van der Waals surface area (Å²) in [6.07, 6.45) is 0. The summed E-state index contributed by atoms with van der Waals surface area (Å²) in [6, 6.07) is 7.81. The van der Waals surface area contributed by atoms with Gasteiger partial charge >= 0.3 is 6.06 Å². The summed E-state index contributed by atoms with van der Waals surface area (Å²) in [5.74, 6) is 0.888. The van der Waals surface area contributed by atoms with Gasteiger partial charge in [0.1, 0.15) is 5.75 Å². The SMILES string of the molecule is CCO[Si](C)(I)Oc1ccccc1. The highest BCUT2D eigenvalue weighted by atomic mass is 127. The van der Waals surface area contributed by atoms with E-state index < -0.39 is 6.06 Å². The van der Waals surface area contributed by atoms with Crippen LogP contribution in [0.4, 0.5) is 0 Å². The monoisotopic (exact) mass is 308 g/mol. The van der Waals surface area contributed by atoms with E-state index in [0.717, 1.165) is 5.75 Å². The molecule has 1 aromatic rings. The molecule has 0 saturated heterocycles. The Morgan fingerprint density at radius 2 is 1.92 bits per heavy atom. The van der Waals surface area contributed by atoms with Gasteiger partial charge in [-0.2, -0.15) is 0 Å². The zero-order valence-corrected chi connectivity index (χ0v) is 10.9. The van der Waals surface area contributed by atoms with Gasteiger partial charge in [0.25, 0.3) is 0 Å². The van der Waals surface area contributed by atoms with Gasteiger partial charge in [-0.15, -0.1) is 0 Å². The van der Waals surface area contributed by atoms with Crippen molar-refractivity contribution in [1.82, 2.24) is 0 Å². The first-order valence-electron chi connectivity index (χ1n) is 4.21. The van der Waals surface area contributed by atoms with Gasteiger partial charge in [-0.1, -0.05) is 18.2 Å². The van der Waals surface area contributed by atoms with Crippen LogP contribution in [-0.4, -0.2) is 12.7 Å². The minimum atomic E-state index is -1.97. The molecule has 1 atom stereocenters. The molecule has 0 heterocycles. The highest BCUT2D eigenvalue weighted by Gasteiger charge is 2.29. The van der Waals surface area contributed by atoms with E-state index in [1.165, 1.54) is 0 Å². The van der Waals surface area contributed by atoms with Crippen LogP contribution in [0.1, 0.15) is 6.92 Å². The molecule has 0 bridgehead atoms. The lowest BCUT2D eigenvalue weighted by molar-refractivity contribution is 0.283. The molecule has 0 aliphatic heterocycles. The molecule has 13 heavy (non-hydrogen) atoms. The second kappa shape index (κ2) is 4.97. The molecule has 0 N–H and O–H groups in total. The standard InChI is InChI=1S/C9H13IO2Si/c1-3-11-13(2,10)12-9-7-5-4-6-8-9/h4-8H,3H2,1-2H3. The van der Waals surface area contributed by atoms with Crippen LogP contribution in [0.3, 0.4) is 0 Å². The van der Waals surface area contributed by atoms with E-state index in [0.29, 0.717) is 6.61 Å². The molecule has 0 amide bonds. The van der Waals surface area contributed by atoms with E-state index in [9.17, 15) is 0 Å². The molecular formula is C9H13IO2Si. The smallest absolute Gasteiger partial charge is 0.465 e.